The lowest BCUT2D eigenvalue weighted by atomic mass is 10.2. The molecule has 0 spiro atoms. The fraction of sp³-hybridized carbons (Fsp3) is 0.143. The zero-order chi connectivity index (χ0) is 15.4. The van der Waals surface area contributed by atoms with Gasteiger partial charge in [0.25, 0.3) is 0 Å². The van der Waals surface area contributed by atoms with Crippen LogP contribution in [0.3, 0.4) is 0 Å². The average molecular weight is 353 g/mol. The molecule has 0 atom stereocenters. The molecule has 0 aliphatic rings. The standard InChI is InChI=1S/C14H13BrN2O4/c1-17(8-10-3-2-6-21-10)14(20)16-12-7-9(13(18)19)4-5-11(12)15/h2-7H,8H2,1H3,(H,16,20)(H,18,19). The van der Waals surface area contributed by atoms with Gasteiger partial charge < -0.3 is 19.7 Å². The van der Waals surface area contributed by atoms with E-state index in [-0.39, 0.29) is 11.6 Å². The molecule has 0 radical (unpaired) electrons. The summed E-state index contributed by atoms with van der Waals surface area (Å²) in [5, 5.41) is 11.6. The van der Waals surface area contributed by atoms with Crippen molar-refractivity contribution in [2.24, 2.45) is 0 Å². The van der Waals surface area contributed by atoms with E-state index in [0.29, 0.717) is 22.5 Å². The van der Waals surface area contributed by atoms with Gasteiger partial charge in [-0.25, -0.2) is 9.59 Å². The second kappa shape index (κ2) is 6.45. The van der Waals surface area contributed by atoms with Gasteiger partial charge in [-0.1, -0.05) is 0 Å². The third-order valence-corrected chi connectivity index (χ3v) is 3.47. The van der Waals surface area contributed by atoms with Gasteiger partial charge in [-0.05, 0) is 46.3 Å². The third-order valence-electron chi connectivity index (χ3n) is 2.77. The van der Waals surface area contributed by atoms with Crippen LogP contribution in [0.15, 0.2) is 45.5 Å². The van der Waals surface area contributed by atoms with Crippen LogP contribution in [0.5, 0.6) is 0 Å². The van der Waals surface area contributed by atoms with Crippen molar-refractivity contribution in [3.05, 3.63) is 52.4 Å². The summed E-state index contributed by atoms with van der Waals surface area (Å²) in [7, 11) is 1.62. The molecular formula is C14H13BrN2O4. The van der Waals surface area contributed by atoms with Crippen LogP contribution in [0.1, 0.15) is 16.1 Å². The Hall–Kier alpha value is -2.28. The molecule has 0 saturated heterocycles. The van der Waals surface area contributed by atoms with E-state index in [1.54, 1.807) is 25.2 Å². The zero-order valence-corrected chi connectivity index (χ0v) is 12.8. The molecule has 2 N–H and O–H groups in total. The summed E-state index contributed by atoms with van der Waals surface area (Å²) in [6.07, 6.45) is 1.54. The summed E-state index contributed by atoms with van der Waals surface area (Å²) >= 11 is 3.27. The number of carboxylic acid groups (broad SMARTS) is 1. The molecule has 6 nitrogen and oxygen atoms in total. The first-order chi connectivity index (χ1) is 9.97. The van der Waals surface area contributed by atoms with Crippen LogP contribution in [0.25, 0.3) is 0 Å². The number of benzene rings is 1. The molecule has 2 rings (SSSR count). The van der Waals surface area contributed by atoms with Gasteiger partial charge in [0.1, 0.15) is 5.76 Å². The maximum Gasteiger partial charge on any atom is 0.335 e. The summed E-state index contributed by atoms with van der Waals surface area (Å²) in [5.74, 6) is -0.395. The highest BCUT2D eigenvalue weighted by atomic mass is 79.9. The molecule has 7 heteroatoms. The Balaban J connectivity index is 2.08. The van der Waals surface area contributed by atoms with Crippen molar-refractivity contribution in [2.45, 2.75) is 6.54 Å². The second-order valence-corrected chi connectivity index (χ2v) is 5.22. The van der Waals surface area contributed by atoms with Crippen molar-refractivity contribution in [3.8, 4) is 0 Å². The number of rotatable bonds is 4. The predicted octanol–water partition coefficient (Wildman–Crippen LogP) is 3.40. The smallest absolute Gasteiger partial charge is 0.335 e. The fourth-order valence-corrected chi connectivity index (χ4v) is 2.02. The molecular weight excluding hydrogens is 340 g/mol. The number of carbonyl (C=O) groups excluding carboxylic acids is 1. The van der Waals surface area contributed by atoms with Crippen LogP contribution in [-0.4, -0.2) is 29.1 Å². The topological polar surface area (TPSA) is 82.8 Å². The van der Waals surface area contributed by atoms with Crippen molar-refractivity contribution >= 4 is 33.6 Å². The molecule has 21 heavy (non-hydrogen) atoms. The fourth-order valence-electron chi connectivity index (χ4n) is 1.67. The highest BCUT2D eigenvalue weighted by molar-refractivity contribution is 9.10. The van der Waals surface area contributed by atoms with Crippen LogP contribution in [0.2, 0.25) is 0 Å². The summed E-state index contributed by atoms with van der Waals surface area (Å²) in [4.78, 5) is 24.5. The van der Waals surface area contributed by atoms with Gasteiger partial charge in [0.15, 0.2) is 0 Å². The molecule has 0 aliphatic carbocycles. The zero-order valence-electron chi connectivity index (χ0n) is 11.2. The van der Waals surface area contributed by atoms with Gasteiger partial charge in [-0.2, -0.15) is 0 Å². The maximum atomic E-state index is 12.1. The van der Waals surface area contributed by atoms with E-state index in [2.05, 4.69) is 21.2 Å². The number of hydrogen-bond donors (Lipinski definition) is 2. The number of halogens is 1. The van der Waals surface area contributed by atoms with E-state index in [4.69, 9.17) is 9.52 Å². The Morgan fingerprint density at radius 2 is 2.14 bits per heavy atom. The second-order valence-electron chi connectivity index (χ2n) is 4.37. The number of amides is 2. The molecule has 0 unspecified atom stereocenters. The van der Waals surface area contributed by atoms with E-state index in [9.17, 15) is 9.59 Å². The minimum absolute atomic E-state index is 0.0992. The van der Waals surface area contributed by atoms with E-state index in [1.165, 1.54) is 23.3 Å². The summed E-state index contributed by atoms with van der Waals surface area (Å²) in [6.45, 7) is 0.315. The minimum atomic E-state index is -1.05. The highest BCUT2D eigenvalue weighted by Gasteiger charge is 2.14. The lowest BCUT2D eigenvalue weighted by Crippen LogP contribution is -2.30. The van der Waals surface area contributed by atoms with Crippen LogP contribution in [-0.2, 0) is 6.54 Å². The Bertz CT molecular complexity index is 655. The van der Waals surface area contributed by atoms with Crippen LogP contribution >= 0.6 is 15.9 Å². The van der Waals surface area contributed by atoms with Crippen molar-refractivity contribution in [3.63, 3.8) is 0 Å². The number of anilines is 1. The first-order valence-electron chi connectivity index (χ1n) is 6.04. The third kappa shape index (κ3) is 3.85. The van der Waals surface area contributed by atoms with Gasteiger partial charge in [-0.3, -0.25) is 0 Å². The molecule has 110 valence electrons. The monoisotopic (exact) mass is 352 g/mol. The quantitative estimate of drug-likeness (QED) is 0.883. The van der Waals surface area contributed by atoms with E-state index in [0.717, 1.165) is 0 Å². The maximum absolute atomic E-state index is 12.1. The van der Waals surface area contributed by atoms with Crippen molar-refractivity contribution in [1.82, 2.24) is 4.90 Å². The lowest BCUT2D eigenvalue weighted by Gasteiger charge is -2.17. The van der Waals surface area contributed by atoms with Gasteiger partial charge in [0.2, 0.25) is 0 Å². The van der Waals surface area contributed by atoms with Crippen molar-refractivity contribution < 1.29 is 19.1 Å². The minimum Gasteiger partial charge on any atom is -0.478 e. The Morgan fingerprint density at radius 1 is 1.38 bits per heavy atom. The van der Waals surface area contributed by atoms with Crippen LogP contribution in [0, 0.1) is 0 Å². The first kappa shape index (κ1) is 15.1. The lowest BCUT2D eigenvalue weighted by molar-refractivity contribution is 0.0697. The molecule has 0 bridgehead atoms. The number of aromatic carboxylic acids is 1. The van der Waals surface area contributed by atoms with Gasteiger partial charge in [-0.15, -0.1) is 0 Å². The molecule has 0 saturated carbocycles. The first-order valence-corrected chi connectivity index (χ1v) is 6.84. The Kier molecular flexibility index (Phi) is 4.64. The summed E-state index contributed by atoms with van der Waals surface area (Å²) in [6, 6.07) is 7.57. The number of nitrogens with one attached hydrogen (secondary N) is 1. The normalized spacial score (nSPS) is 10.2. The average Bonchev–Trinajstić information content (AvgIpc) is 2.93. The van der Waals surface area contributed by atoms with Gasteiger partial charge in [0.05, 0.1) is 24.1 Å². The predicted molar refractivity (Wildman–Crippen MR) is 80.3 cm³/mol. The molecule has 1 aromatic heterocycles. The molecule has 2 aromatic rings. The van der Waals surface area contributed by atoms with Crippen molar-refractivity contribution in [1.29, 1.82) is 0 Å². The summed E-state index contributed by atoms with van der Waals surface area (Å²) in [5.41, 5.74) is 0.494. The Morgan fingerprint density at radius 3 is 2.76 bits per heavy atom. The van der Waals surface area contributed by atoms with Crippen LogP contribution in [0.4, 0.5) is 10.5 Å². The SMILES string of the molecule is CN(Cc1ccco1)C(=O)Nc1cc(C(=O)O)ccc1Br. The van der Waals surface area contributed by atoms with Gasteiger partial charge in [0, 0.05) is 11.5 Å². The number of hydrogen-bond acceptors (Lipinski definition) is 3. The molecule has 1 heterocycles. The molecule has 0 aliphatic heterocycles. The summed E-state index contributed by atoms with van der Waals surface area (Å²) < 4.78 is 5.77. The molecule has 0 fully saturated rings. The number of nitrogens with zero attached hydrogens (tertiary/aromatic N) is 1. The van der Waals surface area contributed by atoms with E-state index < -0.39 is 5.97 Å². The van der Waals surface area contributed by atoms with E-state index >= 15 is 0 Å². The van der Waals surface area contributed by atoms with Gasteiger partial charge >= 0.3 is 12.0 Å². The number of carboxylic acids is 1. The molecule has 1 aromatic carbocycles. The van der Waals surface area contributed by atoms with Crippen molar-refractivity contribution in [2.75, 3.05) is 12.4 Å². The number of carbonyl (C=O) groups is 2. The number of furan rings is 1. The largest absolute Gasteiger partial charge is 0.478 e. The van der Waals surface area contributed by atoms with E-state index in [1.807, 2.05) is 0 Å². The van der Waals surface area contributed by atoms with Crippen LogP contribution < -0.4 is 5.32 Å². The highest BCUT2D eigenvalue weighted by Crippen LogP contribution is 2.24. The Labute approximate surface area is 129 Å². The molecule has 2 amide bonds. The number of urea groups is 1.